The quantitative estimate of drug-likeness (QED) is 0.660. The molecule has 1 aliphatic heterocycles. The zero-order valence-electron chi connectivity index (χ0n) is 16.3. The molecule has 3 aromatic rings. The number of carbonyl (C=O) groups excluding carboxylic acids is 1. The number of hydrogen-bond acceptors (Lipinski definition) is 7. The topological polar surface area (TPSA) is 93.4 Å². The van der Waals surface area contributed by atoms with Gasteiger partial charge >= 0.3 is 0 Å². The van der Waals surface area contributed by atoms with E-state index in [2.05, 4.69) is 25.3 Å². The minimum Gasteiger partial charge on any atom is -0.485 e. The molecule has 2 aromatic heterocycles. The Hall–Kier alpha value is -3.42. The van der Waals surface area contributed by atoms with Gasteiger partial charge in [0.15, 0.2) is 6.61 Å². The van der Waals surface area contributed by atoms with Crippen molar-refractivity contribution in [2.24, 2.45) is 0 Å². The molecule has 29 heavy (non-hydrogen) atoms. The number of nitrogens with one attached hydrogen (secondary N) is 1. The maximum absolute atomic E-state index is 12.7. The van der Waals surface area contributed by atoms with Crippen LogP contribution in [0.25, 0.3) is 0 Å². The summed E-state index contributed by atoms with van der Waals surface area (Å²) in [6.45, 7) is 4.33. The van der Waals surface area contributed by atoms with Gasteiger partial charge in [-0.3, -0.25) is 4.79 Å². The molecule has 0 radical (unpaired) electrons. The van der Waals surface area contributed by atoms with Crippen LogP contribution in [-0.2, 0) is 13.2 Å². The van der Waals surface area contributed by atoms with Crippen LogP contribution in [0.3, 0.4) is 0 Å². The van der Waals surface area contributed by atoms with Gasteiger partial charge in [-0.1, -0.05) is 17.3 Å². The van der Waals surface area contributed by atoms with Crippen LogP contribution in [-0.4, -0.2) is 34.1 Å². The van der Waals surface area contributed by atoms with Gasteiger partial charge in [-0.05, 0) is 42.7 Å². The van der Waals surface area contributed by atoms with E-state index in [1.54, 1.807) is 31.3 Å². The minimum atomic E-state index is -0.204. The summed E-state index contributed by atoms with van der Waals surface area (Å²) < 4.78 is 10.7. The molecule has 0 spiro atoms. The molecule has 1 aliphatic rings. The highest BCUT2D eigenvalue weighted by molar-refractivity contribution is 5.96. The number of nitrogens with zero attached hydrogens (tertiary/aromatic N) is 4. The zero-order chi connectivity index (χ0) is 20.1. The van der Waals surface area contributed by atoms with Gasteiger partial charge in [-0.15, -0.1) is 0 Å². The summed E-state index contributed by atoms with van der Waals surface area (Å²) >= 11 is 0. The first kappa shape index (κ1) is 18.9. The summed E-state index contributed by atoms with van der Waals surface area (Å²) in [5.41, 5.74) is 1.47. The lowest BCUT2D eigenvalue weighted by Crippen LogP contribution is -2.24. The number of amides is 1. The average Bonchev–Trinajstić information content (AvgIpc) is 3.43. The molecule has 0 unspecified atom stereocenters. The van der Waals surface area contributed by atoms with Crippen LogP contribution < -0.4 is 15.0 Å². The van der Waals surface area contributed by atoms with Crippen molar-refractivity contribution in [3.63, 3.8) is 0 Å². The maximum atomic E-state index is 12.7. The highest BCUT2D eigenvalue weighted by Crippen LogP contribution is 2.20. The highest BCUT2D eigenvalue weighted by Gasteiger charge is 2.15. The van der Waals surface area contributed by atoms with Crippen molar-refractivity contribution in [2.75, 3.05) is 18.0 Å². The molecule has 4 rings (SSSR count). The summed E-state index contributed by atoms with van der Waals surface area (Å²) in [6.07, 6.45) is 4.19. The van der Waals surface area contributed by atoms with Gasteiger partial charge in [-0.2, -0.15) is 4.98 Å². The second-order valence-electron chi connectivity index (χ2n) is 6.91. The predicted octanol–water partition coefficient (Wildman–Crippen LogP) is 2.88. The largest absolute Gasteiger partial charge is 0.485 e. The lowest BCUT2D eigenvalue weighted by atomic mass is 10.1. The van der Waals surface area contributed by atoms with Crippen molar-refractivity contribution in [2.45, 2.75) is 32.9 Å². The summed E-state index contributed by atoms with van der Waals surface area (Å²) in [4.78, 5) is 23.6. The van der Waals surface area contributed by atoms with Gasteiger partial charge < -0.3 is 19.5 Å². The van der Waals surface area contributed by atoms with E-state index in [1.807, 2.05) is 18.2 Å². The molecule has 1 fully saturated rings. The number of aryl methyl sites for hydroxylation is 1. The van der Waals surface area contributed by atoms with E-state index in [1.165, 1.54) is 12.8 Å². The molecule has 0 aliphatic carbocycles. The van der Waals surface area contributed by atoms with Crippen LogP contribution in [0, 0.1) is 6.92 Å². The van der Waals surface area contributed by atoms with Gasteiger partial charge in [0.1, 0.15) is 11.6 Å². The number of carbonyl (C=O) groups is 1. The van der Waals surface area contributed by atoms with E-state index in [-0.39, 0.29) is 12.5 Å². The number of anilines is 1. The molecular formula is C21H23N5O3. The standard InChI is InChI=1S/C21H23N5O3/c1-15-24-19(25-29-15)14-28-18-7-3-2-6-17(18)21(27)23-13-16-8-9-22-20(12-16)26-10-4-5-11-26/h2-3,6-9,12H,4-5,10-11,13-14H2,1H3,(H,23,27). The molecule has 1 N–H and O–H groups in total. The van der Waals surface area contributed by atoms with Gasteiger partial charge in [-0.25, -0.2) is 4.98 Å². The fraction of sp³-hybridized carbons (Fsp3) is 0.333. The third-order valence-corrected chi connectivity index (χ3v) is 4.75. The predicted molar refractivity (Wildman–Crippen MR) is 107 cm³/mol. The minimum absolute atomic E-state index is 0.130. The Morgan fingerprint density at radius 2 is 2.07 bits per heavy atom. The van der Waals surface area contributed by atoms with Crippen LogP contribution >= 0.6 is 0 Å². The number of rotatable bonds is 7. The number of ether oxygens (including phenoxy) is 1. The average molecular weight is 393 g/mol. The van der Waals surface area contributed by atoms with Crippen LogP contribution in [0.15, 0.2) is 47.1 Å². The number of para-hydroxylation sites is 1. The fourth-order valence-electron chi connectivity index (χ4n) is 3.29. The molecular weight excluding hydrogens is 370 g/mol. The third kappa shape index (κ3) is 4.71. The lowest BCUT2D eigenvalue weighted by molar-refractivity contribution is 0.0946. The van der Waals surface area contributed by atoms with Crippen LogP contribution in [0.2, 0.25) is 0 Å². The van der Waals surface area contributed by atoms with Gasteiger partial charge in [0.05, 0.1) is 5.56 Å². The Kier molecular flexibility index (Phi) is 5.69. The molecule has 150 valence electrons. The molecule has 0 bridgehead atoms. The molecule has 8 heteroatoms. The molecule has 1 saturated heterocycles. The summed E-state index contributed by atoms with van der Waals surface area (Å²) in [6, 6.07) is 11.1. The van der Waals surface area contributed by atoms with E-state index in [4.69, 9.17) is 9.26 Å². The molecule has 0 atom stereocenters. The van der Waals surface area contributed by atoms with E-state index in [0.29, 0.717) is 29.6 Å². The molecule has 3 heterocycles. The SMILES string of the molecule is Cc1nc(COc2ccccc2C(=O)NCc2ccnc(N3CCCC3)c2)no1. The summed E-state index contributed by atoms with van der Waals surface area (Å²) in [7, 11) is 0. The first-order valence-corrected chi connectivity index (χ1v) is 9.68. The smallest absolute Gasteiger partial charge is 0.255 e. The summed E-state index contributed by atoms with van der Waals surface area (Å²) in [5, 5.41) is 6.76. The fourth-order valence-corrected chi connectivity index (χ4v) is 3.29. The Labute approximate surface area is 168 Å². The molecule has 0 saturated carbocycles. The monoisotopic (exact) mass is 393 g/mol. The zero-order valence-corrected chi connectivity index (χ0v) is 16.3. The van der Waals surface area contributed by atoms with Crippen molar-refractivity contribution >= 4 is 11.7 Å². The molecule has 1 amide bonds. The van der Waals surface area contributed by atoms with E-state index in [0.717, 1.165) is 24.5 Å². The normalized spacial score (nSPS) is 13.5. The van der Waals surface area contributed by atoms with Crippen LogP contribution in [0.4, 0.5) is 5.82 Å². The molecule has 8 nitrogen and oxygen atoms in total. The Morgan fingerprint density at radius 1 is 1.24 bits per heavy atom. The first-order chi connectivity index (χ1) is 14.2. The Bertz CT molecular complexity index is 982. The van der Waals surface area contributed by atoms with Gasteiger partial charge in [0.25, 0.3) is 5.91 Å². The van der Waals surface area contributed by atoms with Gasteiger partial charge in [0.2, 0.25) is 11.7 Å². The van der Waals surface area contributed by atoms with Crippen molar-refractivity contribution < 1.29 is 14.1 Å². The Morgan fingerprint density at radius 3 is 2.86 bits per heavy atom. The summed E-state index contributed by atoms with van der Waals surface area (Å²) in [5.74, 6) is 2.14. The second kappa shape index (κ2) is 8.72. The molecule has 1 aromatic carbocycles. The van der Waals surface area contributed by atoms with E-state index >= 15 is 0 Å². The van der Waals surface area contributed by atoms with Gasteiger partial charge in [0, 0.05) is 32.8 Å². The Balaban J connectivity index is 1.39. The van der Waals surface area contributed by atoms with Crippen molar-refractivity contribution in [3.8, 4) is 5.75 Å². The van der Waals surface area contributed by atoms with E-state index in [9.17, 15) is 4.79 Å². The highest BCUT2D eigenvalue weighted by atomic mass is 16.5. The number of pyridine rings is 1. The second-order valence-corrected chi connectivity index (χ2v) is 6.91. The van der Waals surface area contributed by atoms with Crippen molar-refractivity contribution in [3.05, 3.63) is 65.4 Å². The van der Waals surface area contributed by atoms with Crippen molar-refractivity contribution in [1.82, 2.24) is 20.4 Å². The third-order valence-electron chi connectivity index (χ3n) is 4.75. The van der Waals surface area contributed by atoms with Crippen molar-refractivity contribution in [1.29, 1.82) is 0 Å². The first-order valence-electron chi connectivity index (χ1n) is 9.68. The van der Waals surface area contributed by atoms with E-state index < -0.39 is 0 Å². The lowest BCUT2D eigenvalue weighted by Gasteiger charge is -2.17. The van der Waals surface area contributed by atoms with Crippen LogP contribution in [0.5, 0.6) is 5.75 Å². The number of hydrogen-bond donors (Lipinski definition) is 1. The number of benzene rings is 1. The number of aromatic nitrogens is 3. The van der Waals surface area contributed by atoms with Crippen LogP contribution in [0.1, 0.15) is 40.5 Å². The maximum Gasteiger partial charge on any atom is 0.255 e.